The molecule has 1 amide bonds. The molecule has 1 aromatic rings. The van der Waals surface area contributed by atoms with E-state index in [4.69, 9.17) is 11.6 Å². The molecule has 1 aromatic carbocycles. The van der Waals surface area contributed by atoms with Crippen LogP contribution in [-0.4, -0.2) is 29.3 Å². The molecule has 0 N–H and O–H groups in total. The third kappa shape index (κ3) is 2.89. The molecule has 1 fully saturated rings. The highest BCUT2D eigenvalue weighted by molar-refractivity contribution is 9.10. The van der Waals surface area contributed by atoms with Crippen LogP contribution in [0.3, 0.4) is 0 Å². The number of carbonyl (C=O) groups excluding carboxylic acids is 1. The van der Waals surface area contributed by atoms with Gasteiger partial charge in [-0.25, -0.2) is 0 Å². The van der Waals surface area contributed by atoms with Crippen molar-refractivity contribution < 1.29 is 4.79 Å². The van der Waals surface area contributed by atoms with Gasteiger partial charge in [0.25, 0.3) is 5.91 Å². The fraction of sp³-hybridized carbons (Fsp3) is 0.500. The summed E-state index contributed by atoms with van der Waals surface area (Å²) in [6.45, 7) is 5.61. The molecule has 1 heterocycles. The van der Waals surface area contributed by atoms with E-state index in [1.807, 2.05) is 30.0 Å². The average molecular weight is 331 g/mol. The number of hydrogen-bond donors (Lipinski definition) is 0. The molecular formula is C14H17BrClNO. The number of nitrogens with zero attached hydrogens (tertiary/aromatic N) is 1. The van der Waals surface area contributed by atoms with Gasteiger partial charge in [0.1, 0.15) is 0 Å². The second kappa shape index (κ2) is 5.62. The average Bonchev–Trinajstić information content (AvgIpc) is 2.35. The Labute approximate surface area is 121 Å². The summed E-state index contributed by atoms with van der Waals surface area (Å²) in [4.78, 5) is 14.3. The summed E-state index contributed by atoms with van der Waals surface area (Å²) in [7, 11) is 0. The van der Waals surface area contributed by atoms with Crippen LogP contribution in [0, 0.1) is 12.8 Å². The van der Waals surface area contributed by atoms with E-state index in [1.54, 1.807) is 0 Å². The Morgan fingerprint density at radius 2 is 2.22 bits per heavy atom. The lowest BCUT2D eigenvalue weighted by atomic mass is 9.98. The van der Waals surface area contributed by atoms with Crippen molar-refractivity contribution in [1.82, 2.24) is 4.90 Å². The zero-order valence-electron chi connectivity index (χ0n) is 10.6. The molecule has 0 aliphatic carbocycles. The first-order chi connectivity index (χ1) is 8.49. The molecule has 0 aromatic heterocycles. The van der Waals surface area contributed by atoms with Crippen LogP contribution in [-0.2, 0) is 0 Å². The van der Waals surface area contributed by atoms with Gasteiger partial charge in [-0.15, -0.1) is 11.6 Å². The van der Waals surface area contributed by atoms with Gasteiger partial charge in [0.15, 0.2) is 0 Å². The van der Waals surface area contributed by atoms with Gasteiger partial charge < -0.3 is 4.90 Å². The second-order valence-corrected chi connectivity index (χ2v) is 6.41. The maximum atomic E-state index is 12.4. The molecule has 1 saturated heterocycles. The summed E-state index contributed by atoms with van der Waals surface area (Å²) in [5, 5.41) is 0.193. The van der Waals surface area contributed by atoms with Crippen molar-refractivity contribution in [3.8, 4) is 0 Å². The van der Waals surface area contributed by atoms with Crippen molar-refractivity contribution in [2.24, 2.45) is 5.92 Å². The van der Waals surface area contributed by atoms with Crippen LogP contribution < -0.4 is 0 Å². The molecule has 0 saturated carbocycles. The zero-order chi connectivity index (χ0) is 13.3. The van der Waals surface area contributed by atoms with Gasteiger partial charge in [-0.3, -0.25) is 4.79 Å². The van der Waals surface area contributed by atoms with Crippen molar-refractivity contribution in [3.05, 3.63) is 33.8 Å². The van der Waals surface area contributed by atoms with E-state index in [1.165, 1.54) is 0 Å². The number of alkyl halides is 1. The Balaban J connectivity index is 2.14. The Morgan fingerprint density at radius 3 is 2.83 bits per heavy atom. The van der Waals surface area contributed by atoms with Crippen LogP contribution in [0.1, 0.15) is 29.3 Å². The van der Waals surface area contributed by atoms with Crippen LogP contribution in [0.2, 0.25) is 0 Å². The molecule has 1 aliphatic heterocycles. The molecule has 0 radical (unpaired) electrons. The quantitative estimate of drug-likeness (QED) is 0.716. The standard InChI is InChI=1S/C14H17BrClNO/c1-9-3-4-11(7-12(9)15)14(18)17-6-5-13(16)10(2)8-17/h3-4,7,10,13H,5-6,8H2,1-2H3. The second-order valence-electron chi connectivity index (χ2n) is 5.00. The molecule has 0 bridgehead atoms. The summed E-state index contributed by atoms with van der Waals surface area (Å²) in [5.74, 6) is 0.462. The minimum atomic E-state index is 0.103. The number of benzene rings is 1. The van der Waals surface area contributed by atoms with E-state index < -0.39 is 0 Å². The Hall–Kier alpha value is -0.540. The molecule has 98 valence electrons. The van der Waals surface area contributed by atoms with E-state index >= 15 is 0 Å². The van der Waals surface area contributed by atoms with Crippen LogP contribution >= 0.6 is 27.5 Å². The smallest absolute Gasteiger partial charge is 0.253 e. The number of hydrogen-bond acceptors (Lipinski definition) is 1. The summed E-state index contributed by atoms with van der Waals surface area (Å²) < 4.78 is 0.980. The summed E-state index contributed by atoms with van der Waals surface area (Å²) in [6.07, 6.45) is 0.876. The molecule has 2 rings (SSSR count). The highest BCUT2D eigenvalue weighted by Crippen LogP contribution is 2.24. The van der Waals surface area contributed by atoms with Crippen LogP contribution in [0.4, 0.5) is 0 Å². The van der Waals surface area contributed by atoms with Gasteiger partial charge in [0.05, 0.1) is 0 Å². The summed E-state index contributed by atoms with van der Waals surface area (Å²) >= 11 is 9.65. The maximum absolute atomic E-state index is 12.4. The first-order valence-corrected chi connectivity index (χ1v) is 7.41. The van der Waals surface area contributed by atoms with E-state index in [0.29, 0.717) is 5.92 Å². The van der Waals surface area contributed by atoms with E-state index in [0.717, 1.165) is 35.1 Å². The third-order valence-corrected chi connectivity index (χ3v) is 5.01. The topological polar surface area (TPSA) is 20.3 Å². The van der Waals surface area contributed by atoms with Crippen molar-refractivity contribution >= 4 is 33.4 Å². The number of rotatable bonds is 1. The van der Waals surface area contributed by atoms with Crippen molar-refractivity contribution in [2.45, 2.75) is 25.6 Å². The minimum Gasteiger partial charge on any atom is -0.338 e. The normalized spacial score (nSPS) is 24.1. The number of amides is 1. The highest BCUT2D eigenvalue weighted by atomic mass is 79.9. The van der Waals surface area contributed by atoms with Crippen LogP contribution in [0.15, 0.2) is 22.7 Å². The van der Waals surface area contributed by atoms with Gasteiger partial charge in [0, 0.05) is 28.5 Å². The number of likely N-dealkylation sites (tertiary alicyclic amines) is 1. The third-order valence-electron chi connectivity index (χ3n) is 3.51. The molecule has 2 unspecified atom stereocenters. The van der Waals surface area contributed by atoms with Crippen molar-refractivity contribution in [2.75, 3.05) is 13.1 Å². The molecule has 2 atom stereocenters. The molecule has 4 heteroatoms. The predicted octanol–water partition coefficient (Wildman–Crippen LogP) is 3.85. The lowest BCUT2D eigenvalue weighted by Crippen LogP contribution is -2.43. The molecular weight excluding hydrogens is 314 g/mol. The Morgan fingerprint density at radius 1 is 1.50 bits per heavy atom. The van der Waals surface area contributed by atoms with Gasteiger partial charge in [-0.2, -0.15) is 0 Å². The first kappa shape index (κ1) is 13.9. The van der Waals surface area contributed by atoms with Crippen molar-refractivity contribution in [1.29, 1.82) is 0 Å². The summed E-state index contributed by atoms with van der Waals surface area (Å²) in [5.41, 5.74) is 1.88. The van der Waals surface area contributed by atoms with Gasteiger partial charge >= 0.3 is 0 Å². The lowest BCUT2D eigenvalue weighted by Gasteiger charge is -2.34. The fourth-order valence-electron chi connectivity index (χ4n) is 2.21. The number of carbonyl (C=O) groups is 1. The van der Waals surface area contributed by atoms with Gasteiger partial charge in [-0.1, -0.05) is 28.9 Å². The number of piperidine rings is 1. The predicted molar refractivity (Wildman–Crippen MR) is 78.2 cm³/mol. The number of halogens is 2. The van der Waals surface area contributed by atoms with Gasteiger partial charge in [-0.05, 0) is 37.0 Å². The first-order valence-electron chi connectivity index (χ1n) is 6.18. The maximum Gasteiger partial charge on any atom is 0.253 e. The van der Waals surface area contributed by atoms with E-state index in [-0.39, 0.29) is 11.3 Å². The SMILES string of the molecule is Cc1ccc(C(=O)N2CCC(Cl)C(C)C2)cc1Br. The molecule has 0 spiro atoms. The number of aryl methyl sites for hydroxylation is 1. The lowest BCUT2D eigenvalue weighted by molar-refractivity contribution is 0.0687. The highest BCUT2D eigenvalue weighted by Gasteiger charge is 2.27. The molecule has 2 nitrogen and oxygen atoms in total. The van der Waals surface area contributed by atoms with Crippen LogP contribution in [0.25, 0.3) is 0 Å². The molecule has 18 heavy (non-hydrogen) atoms. The van der Waals surface area contributed by atoms with E-state index in [2.05, 4.69) is 22.9 Å². The Bertz CT molecular complexity index is 463. The van der Waals surface area contributed by atoms with Crippen molar-refractivity contribution in [3.63, 3.8) is 0 Å². The summed E-state index contributed by atoms with van der Waals surface area (Å²) in [6, 6.07) is 5.75. The molecule has 1 aliphatic rings. The monoisotopic (exact) mass is 329 g/mol. The van der Waals surface area contributed by atoms with E-state index in [9.17, 15) is 4.79 Å². The zero-order valence-corrected chi connectivity index (χ0v) is 13.0. The Kier molecular flexibility index (Phi) is 4.33. The largest absolute Gasteiger partial charge is 0.338 e. The minimum absolute atomic E-state index is 0.103. The van der Waals surface area contributed by atoms with Gasteiger partial charge in [0.2, 0.25) is 0 Å². The van der Waals surface area contributed by atoms with Crippen LogP contribution in [0.5, 0.6) is 0 Å². The fourth-order valence-corrected chi connectivity index (χ4v) is 2.77.